The molecule has 30 heteroatoms. The van der Waals surface area contributed by atoms with E-state index in [4.69, 9.17) is 114 Å². The number of esters is 3. The second kappa shape index (κ2) is 43.0. The van der Waals surface area contributed by atoms with Crippen LogP contribution in [0.15, 0.2) is 191 Å². The number of carbonyl (C=O) groups is 3. The molecule has 4 aromatic carbocycles. The molecule has 7 heterocycles. The predicted octanol–water partition coefficient (Wildman–Crippen LogP) is 25.5. The van der Waals surface area contributed by atoms with Gasteiger partial charge in [0.25, 0.3) is 0 Å². The summed E-state index contributed by atoms with van der Waals surface area (Å²) in [6.07, 6.45) is 17.2. The molecule has 1 aliphatic carbocycles. The summed E-state index contributed by atoms with van der Waals surface area (Å²) in [5.74, 6) is -2.44. The summed E-state index contributed by atoms with van der Waals surface area (Å²) >= 11 is 52.5. The number of nitrogens with one attached hydrogen (secondary N) is 2. The maximum Gasteiger partial charge on any atom is 0.341 e. The molecule has 1 fully saturated rings. The van der Waals surface area contributed by atoms with Gasteiger partial charge < -0.3 is 35.1 Å². The van der Waals surface area contributed by atoms with Gasteiger partial charge in [0, 0.05) is 126 Å². The first-order valence-corrected chi connectivity index (χ1v) is 38.3. The van der Waals surface area contributed by atoms with Crippen LogP contribution in [0, 0.1) is 29.2 Å². The number of ether oxygens (including phenoxy) is 3. The number of benzene rings is 4. The van der Waals surface area contributed by atoms with Crippen LogP contribution in [0.5, 0.6) is 0 Å². The lowest BCUT2D eigenvalue weighted by molar-refractivity contribution is -0.00170. The Morgan fingerprint density at radius 2 is 0.767 bits per heavy atom. The predicted molar refractivity (Wildman–Crippen MR) is 458 cm³/mol. The third-order valence-corrected chi connectivity index (χ3v) is 19.8. The minimum absolute atomic E-state index is 0.161. The van der Waals surface area contributed by atoms with Crippen molar-refractivity contribution in [1.82, 2.24) is 34.9 Å². The number of hydrogen-bond acceptors (Lipinski definition) is 17. The molecule has 7 aromatic heterocycles. The first kappa shape index (κ1) is 93.6. The van der Waals surface area contributed by atoms with Gasteiger partial charge in [0.1, 0.15) is 44.7 Å². The lowest BCUT2D eigenvalue weighted by Gasteiger charge is -2.36. The molecule has 0 saturated heterocycles. The fraction of sp³-hybridized carbons (Fsp3) is 0.209. The van der Waals surface area contributed by atoms with Crippen molar-refractivity contribution >= 4 is 162 Å². The van der Waals surface area contributed by atoms with Crippen LogP contribution in [0.1, 0.15) is 139 Å². The van der Waals surface area contributed by atoms with Gasteiger partial charge in [0.15, 0.2) is 0 Å². The van der Waals surface area contributed by atoms with Gasteiger partial charge in [-0.3, -0.25) is 24.9 Å². The number of halogens is 13. The number of nitrogens with zero attached hydrogens (tertiary/aromatic N) is 7. The van der Waals surface area contributed by atoms with E-state index in [1.54, 1.807) is 87.3 Å². The normalized spacial score (nSPS) is 12.8. The second-order valence-electron chi connectivity index (χ2n) is 27.0. The molecule has 0 amide bonds. The van der Waals surface area contributed by atoms with Crippen molar-refractivity contribution in [3.05, 3.63) is 304 Å². The van der Waals surface area contributed by atoms with Crippen molar-refractivity contribution < 1.29 is 56.4 Å². The smallest absolute Gasteiger partial charge is 0.341 e. The number of allylic oxidation sites excluding steroid dienone is 3. The molecule has 17 nitrogen and oxygen atoms in total. The van der Waals surface area contributed by atoms with E-state index in [9.17, 15) is 42.2 Å². The van der Waals surface area contributed by atoms with Crippen LogP contribution in [-0.2, 0) is 19.8 Å². The Morgan fingerprint density at radius 3 is 1.14 bits per heavy atom. The monoisotopic (exact) mass is 1760 g/mol. The number of anilines is 4. The van der Waals surface area contributed by atoms with Crippen LogP contribution in [0.3, 0.4) is 0 Å². The summed E-state index contributed by atoms with van der Waals surface area (Å²) in [4.78, 5) is 63.3. The van der Waals surface area contributed by atoms with Crippen molar-refractivity contribution in [2.45, 2.75) is 91.3 Å². The fourth-order valence-corrected chi connectivity index (χ4v) is 13.4. The Labute approximate surface area is 714 Å². The molecule has 116 heavy (non-hydrogen) atoms. The molecule has 0 atom stereocenters. The quantitative estimate of drug-likeness (QED) is 0.0305. The maximum atomic E-state index is 14.3. The van der Waals surface area contributed by atoms with E-state index in [1.807, 2.05) is 34.6 Å². The number of hydrogen-bond donors (Lipinski definition) is 4. The third kappa shape index (κ3) is 26.5. The average molecular weight is 1760 g/mol. The highest BCUT2D eigenvalue weighted by Crippen LogP contribution is 2.42. The molecule has 11 aromatic rings. The zero-order chi connectivity index (χ0) is 85.6. The summed E-state index contributed by atoms with van der Waals surface area (Å²) in [6, 6.07) is 28.8. The van der Waals surface area contributed by atoms with E-state index in [-0.39, 0.29) is 55.5 Å². The number of aromatic nitrogens is 7. The molecule has 0 radical (unpaired) electrons. The van der Waals surface area contributed by atoms with E-state index >= 15 is 0 Å². The molecule has 4 N–H and O–H groups in total. The molecule has 12 rings (SSSR count). The van der Waals surface area contributed by atoms with Crippen LogP contribution in [-0.4, -0.2) is 89.9 Å². The molecule has 606 valence electrons. The molecular weight excluding hydrogens is 1680 g/mol. The average Bonchev–Trinajstić information content (AvgIpc) is 0.807. The number of pyridine rings is 7. The van der Waals surface area contributed by atoms with E-state index in [0.717, 1.165) is 64.7 Å². The Bertz CT molecular complexity index is 5250. The third-order valence-electron chi connectivity index (χ3n) is 17.5. The van der Waals surface area contributed by atoms with Gasteiger partial charge in [-0.15, -0.1) is 0 Å². The Morgan fingerprint density at radius 1 is 0.414 bits per heavy atom. The molecule has 0 spiro atoms. The van der Waals surface area contributed by atoms with Crippen molar-refractivity contribution in [1.29, 1.82) is 0 Å². The van der Waals surface area contributed by atoms with E-state index in [0.29, 0.717) is 92.2 Å². The van der Waals surface area contributed by atoms with Gasteiger partial charge in [-0.25, -0.2) is 41.9 Å². The summed E-state index contributed by atoms with van der Waals surface area (Å²) in [5.41, 5.74) is 9.26. The highest BCUT2D eigenvalue weighted by Gasteiger charge is 2.33. The van der Waals surface area contributed by atoms with Crippen LogP contribution < -0.4 is 10.6 Å². The first-order chi connectivity index (χ1) is 54.7. The van der Waals surface area contributed by atoms with Gasteiger partial charge in [0.05, 0.1) is 81.6 Å². The first-order valence-electron chi connectivity index (χ1n) is 34.9. The van der Waals surface area contributed by atoms with Gasteiger partial charge in [-0.2, -0.15) is 0 Å². The van der Waals surface area contributed by atoms with Gasteiger partial charge >= 0.3 is 17.9 Å². The minimum Gasteiger partial charge on any atom is -0.465 e. The van der Waals surface area contributed by atoms with Crippen molar-refractivity contribution in [2.75, 3.05) is 32.0 Å². The second-order valence-corrected chi connectivity index (χ2v) is 30.7. The topological polar surface area (TPSA) is 234 Å². The SMILES string of the molecule is C=C(C)c1cnc(-c2cc(Cl)ccc2F)cc1Cl.C=C(C)c1cnc(-c2cc(Cl)ccc2F)cc1Nc1ccncc1C(=O)OC.C=C(C)c1cnc(-c2cc(Cl)ccc2F)cc1Nc1ccncc1C(=O)OC.CC(C)(O)C1CCC(c2cc(Cl)ccc2F)CC1.CC(C)(O)c1cnc(Cl)cc1Cl.COC(=O)c1cnc(Cl)cc1Cl. The summed E-state index contributed by atoms with van der Waals surface area (Å²) in [5, 5.41) is 29.5. The lowest BCUT2D eigenvalue weighted by atomic mass is 9.73. The minimum atomic E-state index is -0.978. The van der Waals surface area contributed by atoms with Crippen LogP contribution >= 0.6 is 104 Å². The molecule has 0 unspecified atom stereocenters. The molecule has 1 saturated carbocycles. The lowest BCUT2D eigenvalue weighted by Crippen LogP contribution is -2.33. The van der Waals surface area contributed by atoms with E-state index in [2.05, 4.69) is 70.0 Å². The van der Waals surface area contributed by atoms with Gasteiger partial charge in [-0.1, -0.05) is 124 Å². The standard InChI is InChI=1S/2C21H17ClFN3O2.C15H20ClFO.C14H10Cl2FN.C8H9Cl2NO.C7H5Cl2NO2/c2*1-12(2)15-11-25-19(14-8-13(22)4-5-17(14)23)9-20(15)26-18-6-7-24-10-16(18)21(27)28-3;1-15(2,18)11-5-3-10(4-6-11)13-9-12(16)7-8-14(13)17;1-8(2)11-7-18-14(6-12(11)16)10-5-9(15)3-4-13(10)17;1-8(2,12)5-4-11-7(10)3-6(5)9;1-12-7(11)4-3-10-6(9)2-5(4)8/h2*4-11H,1H2,2-3H3,(H,24,25,26);7-11,18H,3-6H2,1-2H3;3-7H,1H2,2H3;3-4,12H,1-2H3;2-3H,1H3. The Kier molecular flexibility index (Phi) is 34.7. The van der Waals surface area contributed by atoms with Crippen molar-refractivity contribution in [3.63, 3.8) is 0 Å². The summed E-state index contributed by atoms with van der Waals surface area (Å²) < 4.78 is 70.1. The van der Waals surface area contributed by atoms with E-state index in [1.165, 1.54) is 119 Å². The molecule has 0 aliphatic heterocycles. The zero-order valence-corrected chi connectivity index (χ0v) is 71.0. The maximum absolute atomic E-state index is 14.3. The van der Waals surface area contributed by atoms with Crippen molar-refractivity contribution in [2.24, 2.45) is 5.92 Å². The number of carbonyl (C=O) groups excluding carboxylic acids is 3. The summed E-state index contributed by atoms with van der Waals surface area (Å²) in [6.45, 7) is 24.2. The highest BCUT2D eigenvalue weighted by atomic mass is 35.5. The zero-order valence-electron chi connectivity index (χ0n) is 64.2. The largest absolute Gasteiger partial charge is 0.465 e. The van der Waals surface area contributed by atoms with Crippen LogP contribution in [0.25, 0.3) is 50.5 Å². The van der Waals surface area contributed by atoms with Crippen LogP contribution in [0.4, 0.5) is 40.3 Å². The molecule has 1 aliphatic rings. The van der Waals surface area contributed by atoms with Crippen LogP contribution in [0.2, 0.25) is 45.5 Å². The fourth-order valence-electron chi connectivity index (χ4n) is 11.4. The highest BCUT2D eigenvalue weighted by molar-refractivity contribution is 6.36. The van der Waals surface area contributed by atoms with Crippen molar-refractivity contribution in [3.8, 4) is 33.8 Å². The summed E-state index contributed by atoms with van der Waals surface area (Å²) in [7, 11) is 3.86. The number of aliphatic hydroxyl groups is 2. The molecule has 0 bridgehead atoms. The van der Waals surface area contributed by atoms with Gasteiger partial charge in [0.2, 0.25) is 0 Å². The van der Waals surface area contributed by atoms with Gasteiger partial charge in [-0.05, 0) is 224 Å². The number of methoxy groups -OCH3 is 3. The molecular formula is C86H78Cl9F4N9O8. The Hall–Kier alpha value is -9.59. The Balaban J connectivity index is 0.000000198. The number of rotatable bonds is 16. The van der Waals surface area contributed by atoms with E-state index < -0.39 is 40.7 Å².